The Bertz CT molecular complexity index is 2280. The van der Waals surface area contributed by atoms with Gasteiger partial charge in [-0.05, 0) is 43.4 Å². The summed E-state index contributed by atoms with van der Waals surface area (Å²) in [6.07, 6.45) is -2.91. The summed E-state index contributed by atoms with van der Waals surface area (Å²) in [4.78, 5) is 101. The summed E-state index contributed by atoms with van der Waals surface area (Å²) in [7, 11) is -10.3. The van der Waals surface area contributed by atoms with Gasteiger partial charge in [0.25, 0.3) is 0 Å². The molecule has 0 bridgehead atoms. The number of hydrogen-bond donors (Lipinski definition) is 11. The molecule has 0 spiro atoms. The molecule has 75 heavy (non-hydrogen) atoms. The monoisotopic (exact) mass is 1130 g/mol. The van der Waals surface area contributed by atoms with Crippen molar-refractivity contribution in [2.75, 3.05) is 97.2 Å². The number of thioether (sulfide) groups is 1. The number of anilines is 1. The number of phosphoric acid groups is 2. The molecule has 7 atom stereocenters. The molecule has 1 aromatic carbocycles. The number of nitrogens with one attached hydrogen (secondary N) is 5. The molecular formula is C43H68N8O21P2S. The number of fused-ring (bicyclic) bond motifs is 1. The van der Waals surface area contributed by atoms with Crippen LogP contribution in [0.1, 0.15) is 55.9 Å². The van der Waals surface area contributed by atoms with Gasteiger partial charge in [0, 0.05) is 48.7 Å². The topological polar surface area (TPSA) is 408 Å². The molecule has 3 aliphatic heterocycles. The number of carbonyl (C=O) groups is 4. The predicted molar refractivity (Wildman–Crippen MR) is 264 cm³/mol. The van der Waals surface area contributed by atoms with Crippen LogP contribution in [0, 0.1) is 0 Å². The maximum absolute atomic E-state index is 12.7. The van der Waals surface area contributed by atoms with E-state index in [4.69, 9.17) is 48.7 Å². The second-order valence-corrected chi connectivity index (χ2v) is 20.8. The highest BCUT2D eigenvalue weighted by Gasteiger charge is 2.49. The molecule has 422 valence electrons. The average Bonchev–Trinajstić information content (AvgIpc) is 4.01. The molecule has 3 fully saturated rings. The van der Waals surface area contributed by atoms with Gasteiger partial charge < -0.3 is 90.2 Å². The molecule has 0 radical (unpaired) electrons. The summed E-state index contributed by atoms with van der Waals surface area (Å²) in [6, 6.07) is 7.09. The summed E-state index contributed by atoms with van der Waals surface area (Å²) < 4.78 is 70.8. The number of aliphatic hydroxyl groups excluding tert-OH is 1. The van der Waals surface area contributed by atoms with Crippen molar-refractivity contribution < 1.29 is 95.2 Å². The minimum Gasteiger partial charge on any atom is -0.492 e. The molecule has 0 aliphatic carbocycles. The van der Waals surface area contributed by atoms with Crippen molar-refractivity contribution in [2.45, 2.75) is 93.4 Å². The van der Waals surface area contributed by atoms with Crippen LogP contribution in [0.4, 0.5) is 15.4 Å². The fraction of sp³-hybridized carbons (Fsp3) is 0.674. The second-order valence-electron chi connectivity index (χ2n) is 17.1. The number of carbonyl (C=O) groups excluding carboxylic acids is 4. The van der Waals surface area contributed by atoms with Crippen LogP contribution in [0.2, 0.25) is 0 Å². The van der Waals surface area contributed by atoms with Gasteiger partial charge in [0.05, 0.1) is 78.1 Å². The van der Waals surface area contributed by atoms with Gasteiger partial charge in [0.15, 0.2) is 6.23 Å². The lowest BCUT2D eigenvalue weighted by Crippen LogP contribution is -2.38. The lowest BCUT2D eigenvalue weighted by atomic mass is 10.0. The van der Waals surface area contributed by atoms with Crippen molar-refractivity contribution in [2.24, 2.45) is 0 Å². The highest BCUT2D eigenvalue weighted by atomic mass is 32.2. The van der Waals surface area contributed by atoms with Crippen LogP contribution in [-0.4, -0.2) is 185 Å². The number of amides is 5. The van der Waals surface area contributed by atoms with Crippen molar-refractivity contribution >= 4 is 57.2 Å². The number of urea groups is 1. The van der Waals surface area contributed by atoms with Crippen molar-refractivity contribution in [3.8, 4) is 5.75 Å². The third kappa shape index (κ3) is 22.9. The number of unbranched alkanes of at least 4 members (excludes halogenated alkanes) is 1. The number of alkyl carbamates (subject to hydrolysis) is 1. The molecule has 5 amide bonds. The van der Waals surface area contributed by atoms with Crippen molar-refractivity contribution in [1.29, 1.82) is 0 Å². The van der Waals surface area contributed by atoms with Crippen LogP contribution in [0.3, 0.4) is 0 Å². The van der Waals surface area contributed by atoms with E-state index in [1.165, 1.54) is 6.20 Å². The first kappa shape index (κ1) is 61.4. The van der Waals surface area contributed by atoms with E-state index >= 15 is 0 Å². The fourth-order valence-corrected chi connectivity index (χ4v) is 10.3. The standard InChI is InChI=1S/C43H68N8O21P2S/c44-39-29(24-51(42(56)50-39)40-37(54)38(72-74(61,62)63)32(71-40)26-70-73(58,59)60)4-3-12-47-43(57)69-25-28-7-9-30(10-8-28)68-17-14-46-35(53)11-15-64-18-20-66-22-23-67-21-19-65-16-13-45-34(52)6-2-1-5-33-36-31(27-75-33)48-41(55)49-36/h7-10,24,31-33,36-38,40,54H,1-6,11-23,25-27H2,(H,45,52)(H,46,53)(H,47,57)(H2,44,50,56)(H2,48,49,55)(H2,58,59,60)(H2,61,62,63)/t31-,32+,33-,36-,37-,38?,40+/m0/s1. The van der Waals surface area contributed by atoms with Crippen molar-refractivity contribution in [1.82, 2.24) is 36.1 Å². The second kappa shape index (κ2) is 31.7. The fourth-order valence-electron chi connectivity index (χ4n) is 7.79. The van der Waals surface area contributed by atoms with E-state index < -0.39 is 58.6 Å². The zero-order chi connectivity index (χ0) is 54.2. The number of rotatable bonds is 36. The molecule has 2 aromatic rings. The Balaban J connectivity index is 0.807. The summed E-state index contributed by atoms with van der Waals surface area (Å²) in [5, 5.41) is 25.3. The number of aliphatic hydroxyl groups is 1. The molecule has 1 aromatic heterocycles. The van der Waals surface area contributed by atoms with Crippen LogP contribution in [0.5, 0.6) is 5.75 Å². The van der Waals surface area contributed by atoms with E-state index in [0.29, 0.717) is 75.8 Å². The van der Waals surface area contributed by atoms with Gasteiger partial charge in [-0.2, -0.15) is 16.7 Å². The van der Waals surface area contributed by atoms with E-state index in [0.717, 1.165) is 29.6 Å². The number of hydrogen-bond acceptors (Lipinski definition) is 20. The quantitative estimate of drug-likeness (QED) is 0.0229. The molecule has 3 aliphatic rings. The molecule has 5 rings (SSSR count). The molecule has 29 nitrogen and oxygen atoms in total. The first-order valence-corrected chi connectivity index (χ1v) is 28.3. The molecule has 32 heteroatoms. The minimum absolute atomic E-state index is 0.00175. The number of nitrogens with zero attached hydrogens (tertiary/aromatic N) is 2. The number of nitrogens with two attached hydrogens (primary N) is 1. The Morgan fingerprint density at radius 3 is 2.15 bits per heavy atom. The van der Waals surface area contributed by atoms with E-state index in [2.05, 4.69) is 40.6 Å². The van der Waals surface area contributed by atoms with E-state index in [1.807, 2.05) is 11.8 Å². The molecule has 3 saturated heterocycles. The predicted octanol–water partition coefficient (Wildman–Crippen LogP) is -0.676. The number of aryl methyl sites for hydroxylation is 1. The molecular weight excluding hydrogens is 1060 g/mol. The third-order valence-corrected chi connectivity index (χ3v) is 13.9. The molecule has 0 saturated carbocycles. The Morgan fingerprint density at radius 2 is 1.47 bits per heavy atom. The summed E-state index contributed by atoms with van der Waals surface area (Å²) in [5.41, 5.74) is 5.83. The number of ether oxygens (including phenoxy) is 7. The van der Waals surface area contributed by atoms with E-state index in [1.54, 1.807) is 24.3 Å². The zero-order valence-corrected chi connectivity index (χ0v) is 43.6. The van der Waals surface area contributed by atoms with Gasteiger partial charge in [-0.15, -0.1) is 0 Å². The van der Waals surface area contributed by atoms with Crippen molar-refractivity contribution in [3.63, 3.8) is 0 Å². The average molecular weight is 1130 g/mol. The Hall–Kier alpha value is -4.49. The van der Waals surface area contributed by atoms with Crippen LogP contribution < -0.4 is 42.7 Å². The van der Waals surface area contributed by atoms with Crippen LogP contribution in [0.15, 0.2) is 35.3 Å². The number of benzene rings is 1. The number of phosphoric ester groups is 2. The summed E-state index contributed by atoms with van der Waals surface area (Å²) in [6.45, 7) is 2.81. The number of nitrogen functional groups attached to an aromatic ring is 1. The van der Waals surface area contributed by atoms with Gasteiger partial charge in [-0.3, -0.25) is 23.2 Å². The van der Waals surface area contributed by atoms with E-state index in [9.17, 15) is 48.0 Å². The Kier molecular flexibility index (Phi) is 25.9. The van der Waals surface area contributed by atoms with Gasteiger partial charge in [0.1, 0.15) is 43.1 Å². The largest absolute Gasteiger partial charge is 0.492 e. The lowest BCUT2D eigenvalue weighted by Gasteiger charge is -2.21. The third-order valence-electron chi connectivity index (χ3n) is 11.4. The Labute approximate surface area is 435 Å². The van der Waals surface area contributed by atoms with Crippen LogP contribution >= 0.6 is 27.4 Å². The summed E-state index contributed by atoms with van der Waals surface area (Å²) in [5.74, 6) is 1.09. The Morgan fingerprint density at radius 1 is 0.813 bits per heavy atom. The van der Waals surface area contributed by atoms with Gasteiger partial charge >= 0.3 is 33.5 Å². The first-order chi connectivity index (χ1) is 35.8. The van der Waals surface area contributed by atoms with E-state index in [-0.39, 0.29) is 93.5 Å². The summed E-state index contributed by atoms with van der Waals surface area (Å²) >= 11 is 1.88. The smallest absolute Gasteiger partial charge is 0.470 e. The SMILES string of the molecule is Nc1nc(=O)n([C@@H]2O[C@H](COP(=O)(O)O)C(OP(=O)(O)O)[C@@H]2O)cc1CCCNC(=O)OCc1ccc(OCCNC(=O)CCOCCOCCOCCOCCNC(=O)CCCC[C@@H]2SC[C@@H]3NC(=O)N[C@@H]32)cc1. The molecule has 12 N–H and O–H groups in total. The normalized spacial score (nSPS) is 21.3. The van der Waals surface area contributed by atoms with Gasteiger partial charge in [0.2, 0.25) is 11.8 Å². The molecule has 4 heterocycles. The maximum atomic E-state index is 12.7. The van der Waals surface area contributed by atoms with Gasteiger partial charge in [-0.25, -0.2) is 23.5 Å². The number of aromatic nitrogens is 2. The highest BCUT2D eigenvalue weighted by Crippen LogP contribution is 2.45. The zero-order valence-electron chi connectivity index (χ0n) is 41.0. The van der Waals surface area contributed by atoms with Crippen molar-refractivity contribution in [3.05, 3.63) is 52.1 Å². The lowest BCUT2D eigenvalue weighted by molar-refractivity contribution is -0.122. The minimum atomic E-state index is -5.26. The highest BCUT2D eigenvalue weighted by molar-refractivity contribution is 8.00. The van der Waals surface area contributed by atoms with Crippen LogP contribution in [-0.2, 0) is 69.2 Å². The van der Waals surface area contributed by atoms with Crippen LogP contribution in [0.25, 0.3) is 0 Å². The first-order valence-electron chi connectivity index (χ1n) is 24.2. The molecule has 1 unspecified atom stereocenters. The maximum Gasteiger partial charge on any atom is 0.470 e. The van der Waals surface area contributed by atoms with Gasteiger partial charge in [-0.1, -0.05) is 18.6 Å².